The first-order chi connectivity index (χ1) is 4.66. The Kier molecular flexibility index (Phi) is 4.28. The molecule has 0 spiro atoms. The standard InChI is InChI=1S/C6H10O4/c1-5(7)3-4-10-6(8)9-2/h3-4H2,1-2H3. The van der Waals surface area contributed by atoms with Crippen LogP contribution in [0.2, 0.25) is 0 Å². The van der Waals surface area contributed by atoms with Gasteiger partial charge in [-0.15, -0.1) is 0 Å². The van der Waals surface area contributed by atoms with Gasteiger partial charge in [0.25, 0.3) is 0 Å². The predicted molar refractivity (Wildman–Crippen MR) is 33.7 cm³/mol. The van der Waals surface area contributed by atoms with Crippen LogP contribution in [0.1, 0.15) is 13.3 Å². The Hall–Kier alpha value is -1.06. The average Bonchev–Trinajstić information content (AvgIpc) is 1.87. The smallest absolute Gasteiger partial charge is 0.438 e. The van der Waals surface area contributed by atoms with Gasteiger partial charge in [0, 0.05) is 6.42 Å². The summed E-state index contributed by atoms with van der Waals surface area (Å²) >= 11 is 0. The van der Waals surface area contributed by atoms with Gasteiger partial charge in [-0.25, -0.2) is 4.79 Å². The maximum atomic E-state index is 10.3. The maximum Gasteiger partial charge on any atom is 0.507 e. The van der Waals surface area contributed by atoms with E-state index >= 15 is 0 Å². The molecule has 10 heavy (non-hydrogen) atoms. The van der Waals surface area contributed by atoms with E-state index in [0.717, 1.165) is 0 Å². The van der Waals surface area contributed by atoms with Crippen LogP contribution in [0.15, 0.2) is 0 Å². The second kappa shape index (κ2) is 4.78. The lowest BCUT2D eigenvalue weighted by Gasteiger charge is -1.99. The first-order valence-electron chi connectivity index (χ1n) is 2.87. The lowest BCUT2D eigenvalue weighted by Crippen LogP contribution is -2.07. The normalized spacial score (nSPS) is 8.60. The van der Waals surface area contributed by atoms with E-state index in [4.69, 9.17) is 0 Å². The number of hydrogen-bond donors (Lipinski definition) is 0. The number of Topliss-reactive ketones (excluding diaryl/α,β-unsaturated/α-hetero) is 1. The van der Waals surface area contributed by atoms with Gasteiger partial charge in [0.2, 0.25) is 0 Å². The highest BCUT2D eigenvalue weighted by Crippen LogP contribution is 1.86. The Morgan fingerprint density at radius 3 is 2.40 bits per heavy atom. The van der Waals surface area contributed by atoms with Crippen LogP contribution in [0.3, 0.4) is 0 Å². The Morgan fingerprint density at radius 2 is 2.00 bits per heavy atom. The van der Waals surface area contributed by atoms with Gasteiger partial charge in [0.15, 0.2) is 0 Å². The van der Waals surface area contributed by atoms with E-state index in [0.29, 0.717) is 0 Å². The van der Waals surface area contributed by atoms with Crippen molar-refractivity contribution in [1.82, 2.24) is 0 Å². The third-order valence-electron chi connectivity index (χ3n) is 0.841. The molecule has 0 unspecified atom stereocenters. The topological polar surface area (TPSA) is 52.6 Å². The number of rotatable bonds is 3. The molecule has 58 valence electrons. The minimum Gasteiger partial charge on any atom is -0.438 e. The van der Waals surface area contributed by atoms with Gasteiger partial charge in [-0.05, 0) is 6.92 Å². The van der Waals surface area contributed by atoms with Crippen LogP contribution in [0.25, 0.3) is 0 Å². The predicted octanol–water partition coefficient (Wildman–Crippen LogP) is 0.748. The molecule has 0 aromatic heterocycles. The lowest BCUT2D eigenvalue weighted by atomic mass is 10.3. The van der Waals surface area contributed by atoms with E-state index in [9.17, 15) is 9.59 Å². The molecular weight excluding hydrogens is 136 g/mol. The van der Waals surface area contributed by atoms with Crippen molar-refractivity contribution in [2.75, 3.05) is 13.7 Å². The number of ketones is 1. The van der Waals surface area contributed by atoms with E-state index in [2.05, 4.69) is 9.47 Å². The molecule has 0 bridgehead atoms. The molecule has 0 aliphatic carbocycles. The van der Waals surface area contributed by atoms with Crippen LogP contribution in [-0.4, -0.2) is 25.7 Å². The molecular formula is C6H10O4. The number of methoxy groups -OCH3 is 1. The fourth-order valence-corrected chi connectivity index (χ4v) is 0.337. The van der Waals surface area contributed by atoms with Gasteiger partial charge >= 0.3 is 6.16 Å². The van der Waals surface area contributed by atoms with Gasteiger partial charge in [0.05, 0.1) is 7.11 Å². The minimum atomic E-state index is -0.749. The van der Waals surface area contributed by atoms with Crippen molar-refractivity contribution >= 4 is 11.9 Å². The molecule has 0 aromatic rings. The Bertz CT molecular complexity index is 130. The lowest BCUT2D eigenvalue weighted by molar-refractivity contribution is -0.117. The highest BCUT2D eigenvalue weighted by atomic mass is 16.7. The van der Waals surface area contributed by atoms with Crippen molar-refractivity contribution in [2.24, 2.45) is 0 Å². The summed E-state index contributed by atoms with van der Waals surface area (Å²) < 4.78 is 8.58. The van der Waals surface area contributed by atoms with Gasteiger partial charge < -0.3 is 9.47 Å². The monoisotopic (exact) mass is 146 g/mol. The van der Waals surface area contributed by atoms with Crippen molar-refractivity contribution in [2.45, 2.75) is 13.3 Å². The summed E-state index contributed by atoms with van der Waals surface area (Å²) in [6.45, 7) is 1.53. The summed E-state index contributed by atoms with van der Waals surface area (Å²) in [5.41, 5.74) is 0. The van der Waals surface area contributed by atoms with E-state index in [1.165, 1.54) is 14.0 Å². The third kappa shape index (κ3) is 5.08. The average molecular weight is 146 g/mol. The zero-order chi connectivity index (χ0) is 7.98. The molecule has 0 heterocycles. The summed E-state index contributed by atoms with van der Waals surface area (Å²) in [5.74, 6) is -0.0103. The zero-order valence-electron chi connectivity index (χ0n) is 6.05. The van der Waals surface area contributed by atoms with E-state index in [1.54, 1.807) is 0 Å². The molecule has 0 aromatic carbocycles. The van der Waals surface area contributed by atoms with Crippen molar-refractivity contribution in [1.29, 1.82) is 0 Å². The molecule has 0 amide bonds. The summed E-state index contributed by atoms with van der Waals surface area (Å²) in [6.07, 6.45) is -0.504. The van der Waals surface area contributed by atoms with E-state index in [1.807, 2.05) is 0 Å². The van der Waals surface area contributed by atoms with Crippen LogP contribution < -0.4 is 0 Å². The van der Waals surface area contributed by atoms with Gasteiger partial charge in [-0.3, -0.25) is 4.79 Å². The maximum absolute atomic E-state index is 10.3. The van der Waals surface area contributed by atoms with Gasteiger partial charge in [-0.1, -0.05) is 0 Å². The first-order valence-corrected chi connectivity index (χ1v) is 2.87. The van der Waals surface area contributed by atoms with Crippen molar-refractivity contribution in [3.05, 3.63) is 0 Å². The molecule has 0 N–H and O–H groups in total. The molecule has 4 heteroatoms. The minimum absolute atomic E-state index is 0.0103. The fourth-order valence-electron chi connectivity index (χ4n) is 0.337. The third-order valence-corrected chi connectivity index (χ3v) is 0.841. The largest absolute Gasteiger partial charge is 0.507 e. The number of ether oxygens (including phenoxy) is 2. The zero-order valence-corrected chi connectivity index (χ0v) is 6.05. The van der Waals surface area contributed by atoms with Crippen LogP contribution in [0.5, 0.6) is 0 Å². The Balaban J connectivity index is 3.20. The van der Waals surface area contributed by atoms with Crippen LogP contribution >= 0.6 is 0 Å². The molecule has 4 nitrogen and oxygen atoms in total. The molecule has 0 aliphatic rings. The fraction of sp³-hybridized carbons (Fsp3) is 0.667. The second-order valence-corrected chi connectivity index (χ2v) is 1.75. The van der Waals surface area contributed by atoms with Crippen molar-refractivity contribution in [3.8, 4) is 0 Å². The van der Waals surface area contributed by atoms with Gasteiger partial charge in [0.1, 0.15) is 12.4 Å². The highest BCUT2D eigenvalue weighted by molar-refractivity contribution is 5.75. The summed E-state index contributed by atoms with van der Waals surface area (Å²) in [7, 11) is 1.22. The molecule has 0 aliphatic heterocycles. The molecule has 0 radical (unpaired) electrons. The van der Waals surface area contributed by atoms with Crippen LogP contribution in [0.4, 0.5) is 4.79 Å². The number of hydrogen-bond acceptors (Lipinski definition) is 4. The van der Waals surface area contributed by atoms with Crippen molar-refractivity contribution in [3.63, 3.8) is 0 Å². The van der Waals surface area contributed by atoms with Crippen molar-refractivity contribution < 1.29 is 19.1 Å². The summed E-state index contributed by atoms with van der Waals surface area (Å²) in [4.78, 5) is 20.5. The molecule has 0 saturated heterocycles. The highest BCUT2D eigenvalue weighted by Gasteiger charge is 1.99. The quantitative estimate of drug-likeness (QED) is 0.551. The number of carbonyl (C=O) groups excluding carboxylic acids is 2. The van der Waals surface area contributed by atoms with E-state index in [-0.39, 0.29) is 18.8 Å². The Morgan fingerprint density at radius 1 is 1.40 bits per heavy atom. The Labute approximate surface area is 59.1 Å². The molecule has 0 atom stereocenters. The molecule has 0 fully saturated rings. The summed E-state index contributed by atoms with van der Waals surface area (Å²) in [5, 5.41) is 0. The SMILES string of the molecule is COC(=O)OCCC(C)=O. The second-order valence-electron chi connectivity index (χ2n) is 1.75. The van der Waals surface area contributed by atoms with E-state index < -0.39 is 6.16 Å². The van der Waals surface area contributed by atoms with Crippen LogP contribution in [0, 0.1) is 0 Å². The van der Waals surface area contributed by atoms with Gasteiger partial charge in [-0.2, -0.15) is 0 Å². The van der Waals surface area contributed by atoms with Crippen LogP contribution in [-0.2, 0) is 14.3 Å². The first kappa shape index (κ1) is 8.94. The number of carbonyl (C=O) groups is 2. The summed E-state index contributed by atoms with van der Waals surface area (Å²) in [6, 6.07) is 0. The molecule has 0 saturated carbocycles. The molecule has 0 rings (SSSR count).